The van der Waals surface area contributed by atoms with Gasteiger partial charge in [-0.1, -0.05) is 24.3 Å². The van der Waals surface area contributed by atoms with E-state index < -0.39 is 10.2 Å². The average molecular weight is 400 g/mol. The van der Waals surface area contributed by atoms with Crippen molar-refractivity contribution in [3.8, 4) is 0 Å². The van der Waals surface area contributed by atoms with Gasteiger partial charge in [-0.3, -0.25) is 10.1 Å². The molecule has 0 aliphatic rings. The molecule has 0 aromatic heterocycles. The van der Waals surface area contributed by atoms with E-state index in [0.29, 0.717) is 0 Å². The molecular weight excluding hydrogens is 378 g/mol. The summed E-state index contributed by atoms with van der Waals surface area (Å²) in [4.78, 5) is 14.6. The second-order valence-electron chi connectivity index (χ2n) is 6.11. The second-order valence-corrected chi connectivity index (χ2v) is 6.90. The van der Waals surface area contributed by atoms with E-state index in [1.54, 1.807) is 6.08 Å². The Kier molecular flexibility index (Phi) is 7.52. The summed E-state index contributed by atoms with van der Waals surface area (Å²) in [6.45, 7) is 1.52. The minimum atomic E-state index is -4.69. The summed E-state index contributed by atoms with van der Waals surface area (Å²) >= 11 is 0. The van der Waals surface area contributed by atoms with Crippen molar-refractivity contribution in [1.82, 2.24) is 0 Å². The van der Waals surface area contributed by atoms with Crippen molar-refractivity contribution in [3.63, 3.8) is 0 Å². The minimum Gasteiger partial charge on any atom is -0.377 e. The van der Waals surface area contributed by atoms with E-state index in [-0.39, 0.29) is 10.6 Å². The zero-order chi connectivity index (χ0) is 20.9. The largest absolute Gasteiger partial charge is 0.377 e. The molecule has 0 atom stereocenters. The number of rotatable bonds is 4. The smallest absolute Gasteiger partial charge is 0.243 e. The predicted molar refractivity (Wildman–Crippen MR) is 95.5 cm³/mol. The van der Waals surface area contributed by atoms with Crippen LogP contribution in [-0.2, 0) is 0 Å². The van der Waals surface area contributed by atoms with Crippen LogP contribution in [0.4, 0.5) is 11.4 Å². The van der Waals surface area contributed by atoms with Crippen LogP contribution >= 0.6 is 0 Å². The highest BCUT2D eigenvalue weighted by Gasteiger charge is 2.15. The van der Waals surface area contributed by atoms with Crippen LogP contribution in [0.3, 0.4) is 0 Å². The summed E-state index contributed by atoms with van der Waals surface area (Å²) in [5.41, 5.74) is 3.06. The Morgan fingerprint density at radius 2 is 1.63 bits per heavy atom. The Hall–Kier alpha value is -2.43. The molecule has 10 heteroatoms. The molecule has 0 aliphatic heterocycles. The van der Waals surface area contributed by atoms with Crippen LogP contribution in [0.25, 0.3) is 16.8 Å². The third kappa shape index (κ3) is 6.66. The van der Waals surface area contributed by atoms with E-state index in [4.69, 9.17) is 18.6 Å². The SMILES string of the molecule is C/C(=C\c1ccc2cccc(N(C)C)c2c1N(C)C)[N+](=O)[O-].[O-][Cl+3]([O-])([O-])O. The first-order valence-electron chi connectivity index (χ1n) is 7.69. The lowest BCUT2D eigenvalue weighted by Gasteiger charge is -2.23. The number of fused-ring (bicyclic) bond motifs is 1. The molecule has 0 amide bonds. The normalized spacial score (nSPS) is 11.7. The van der Waals surface area contributed by atoms with Gasteiger partial charge in [-0.15, -0.1) is 0 Å². The first-order chi connectivity index (χ1) is 12.3. The van der Waals surface area contributed by atoms with Crippen LogP contribution in [0.2, 0.25) is 0 Å². The third-order valence-electron chi connectivity index (χ3n) is 3.61. The van der Waals surface area contributed by atoms with Crippen molar-refractivity contribution >= 4 is 28.2 Å². The molecule has 0 bridgehead atoms. The van der Waals surface area contributed by atoms with Crippen molar-refractivity contribution in [2.24, 2.45) is 0 Å². The molecule has 0 radical (unpaired) electrons. The highest BCUT2D eigenvalue weighted by Crippen LogP contribution is 2.37. The van der Waals surface area contributed by atoms with Crippen LogP contribution in [0, 0.1) is 20.4 Å². The van der Waals surface area contributed by atoms with Gasteiger partial charge in [-0.2, -0.15) is 14.0 Å². The van der Waals surface area contributed by atoms with Gasteiger partial charge in [0.05, 0.1) is 25.5 Å². The van der Waals surface area contributed by atoms with Crippen molar-refractivity contribution in [1.29, 1.82) is 0 Å². The molecule has 0 aliphatic carbocycles. The molecule has 9 nitrogen and oxygen atoms in total. The number of hydrogen-bond donors (Lipinski definition) is 1. The zero-order valence-electron chi connectivity index (χ0n) is 15.7. The standard InChI is InChI=1S/C17H21N3O2.ClHO4/c1-12(20(21)22)11-14-10-9-13-7-6-8-15(18(2)3)16(13)17(14)19(4)5;2-1(3,4)5/h6-11H,1-5H3;(H,2,3,4,5)/b12-11+;. The van der Waals surface area contributed by atoms with Crippen molar-refractivity contribution in [2.45, 2.75) is 6.92 Å². The molecule has 2 aromatic carbocycles. The molecule has 2 rings (SSSR count). The van der Waals surface area contributed by atoms with E-state index in [1.807, 2.05) is 51.3 Å². The quantitative estimate of drug-likeness (QED) is 0.535. The van der Waals surface area contributed by atoms with Crippen LogP contribution < -0.4 is 23.8 Å². The summed E-state index contributed by atoms with van der Waals surface area (Å²) in [7, 11) is 3.22. The van der Waals surface area contributed by atoms with E-state index in [9.17, 15) is 10.1 Å². The minimum absolute atomic E-state index is 0.129. The fourth-order valence-electron chi connectivity index (χ4n) is 2.61. The number of nitrogens with zero attached hydrogens (tertiary/aromatic N) is 3. The van der Waals surface area contributed by atoms with Gasteiger partial charge in [0.25, 0.3) is 0 Å². The van der Waals surface area contributed by atoms with Crippen molar-refractivity contribution < 1.29 is 33.8 Å². The zero-order valence-corrected chi connectivity index (χ0v) is 16.4. The summed E-state index contributed by atoms with van der Waals surface area (Å²) in [5, 5.41) is 13.2. The molecule has 0 fully saturated rings. The lowest BCUT2D eigenvalue weighted by molar-refractivity contribution is -1.92. The molecule has 27 heavy (non-hydrogen) atoms. The van der Waals surface area contributed by atoms with Gasteiger partial charge in [-0.05, 0) is 11.5 Å². The predicted octanol–water partition coefficient (Wildman–Crippen LogP) is -0.515. The fourth-order valence-corrected chi connectivity index (χ4v) is 2.61. The molecule has 148 valence electrons. The number of benzene rings is 2. The number of halogens is 1. The Bertz CT molecular complexity index is 840. The topological polar surface area (TPSA) is 139 Å². The van der Waals surface area contributed by atoms with Gasteiger partial charge >= 0.3 is 0 Å². The number of hydrogen-bond acceptors (Lipinski definition) is 8. The van der Waals surface area contributed by atoms with Crippen LogP contribution in [0.15, 0.2) is 36.0 Å². The summed E-state index contributed by atoms with van der Waals surface area (Å²) in [5.74, 6) is 0. The highest BCUT2D eigenvalue weighted by atomic mass is 35.7. The fraction of sp³-hybridized carbons (Fsp3) is 0.294. The van der Waals surface area contributed by atoms with E-state index in [0.717, 1.165) is 27.7 Å². The third-order valence-corrected chi connectivity index (χ3v) is 3.61. The maximum absolute atomic E-state index is 10.9. The molecule has 0 saturated carbocycles. The Balaban J connectivity index is 0.000000646. The first kappa shape index (κ1) is 22.6. The maximum Gasteiger partial charge on any atom is 0.243 e. The second kappa shape index (κ2) is 8.98. The molecule has 0 saturated heterocycles. The van der Waals surface area contributed by atoms with E-state index in [2.05, 4.69) is 17.0 Å². The molecule has 1 N–H and O–H groups in total. The highest BCUT2D eigenvalue weighted by molar-refractivity contribution is 6.06. The molecule has 0 unspecified atom stereocenters. The van der Waals surface area contributed by atoms with Gasteiger partial charge in [0, 0.05) is 57.8 Å². The van der Waals surface area contributed by atoms with E-state index >= 15 is 0 Å². The van der Waals surface area contributed by atoms with Crippen LogP contribution in [0.5, 0.6) is 0 Å². The van der Waals surface area contributed by atoms with Crippen LogP contribution in [0.1, 0.15) is 12.5 Å². The maximum atomic E-state index is 10.9. The van der Waals surface area contributed by atoms with E-state index in [1.165, 1.54) is 6.92 Å². The van der Waals surface area contributed by atoms with Gasteiger partial charge in [0.1, 0.15) is 0 Å². The lowest BCUT2D eigenvalue weighted by Crippen LogP contribution is -2.58. The Morgan fingerprint density at radius 1 is 1.07 bits per heavy atom. The lowest BCUT2D eigenvalue weighted by atomic mass is 10.0. The number of nitro groups is 1. The summed E-state index contributed by atoms with van der Waals surface area (Å²) in [6.07, 6.45) is 1.63. The van der Waals surface area contributed by atoms with Crippen molar-refractivity contribution in [3.05, 3.63) is 51.7 Å². The summed E-state index contributed by atoms with van der Waals surface area (Å²) in [6, 6.07) is 10.1. The number of allylic oxidation sites excluding steroid dienone is 1. The van der Waals surface area contributed by atoms with Crippen molar-refractivity contribution in [2.75, 3.05) is 38.0 Å². The number of anilines is 2. The average Bonchev–Trinajstić information content (AvgIpc) is 2.51. The molecule has 2 aromatic rings. The molecule has 0 spiro atoms. The summed E-state index contributed by atoms with van der Waals surface area (Å²) < 4.78 is 32.7. The van der Waals surface area contributed by atoms with Gasteiger partial charge in [-0.25, -0.2) is 0 Å². The first-order valence-corrected chi connectivity index (χ1v) is 8.95. The Morgan fingerprint density at radius 3 is 2.07 bits per heavy atom. The van der Waals surface area contributed by atoms with Gasteiger partial charge in [0.15, 0.2) is 0 Å². The van der Waals surface area contributed by atoms with Gasteiger partial charge < -0.3 is 9.80 Å². The van der Waals surface area contributed by atoms with Crippen LogP contribution in [-0.4, -0.2) is 37.8 Å². The Labute approximate surface area is 159 Å². The monoisotopic (exact) mass is 399 g/mol. The molecule has 0 heterocycles. The molecular formula is C17H22ClN3O6. The van der Waals surface area contributed by atoms with Gasteiger partial charge in [0.2, 0.25) is 5.70 Å².